The van der Waals surface area contributed by atoms with Gasteiger partial charge in [0.15, 0.2) is 0 Å². The molecule has 1 heteroatoms. The fourth-order valence-electron chi connectivity index (χ4n) is 1.75. The molecule has 1 atom stereocenters. The molecule has 82 valence electrons. The molecule has 1 aromatic rings. The predicted molar refractivity (Wildman–Crippen MR) is 67.2 cm³/mol. The first-order valence-corrected chi connectivity index (χ1v) is 5.75. The van der Waals surface area contributed by atoms with E-state index in [-0.39, 0.29) is 0 Å². The van der Waals surface area contributed by atoms with E-state index in [1.807, 2.05) is 6.08 Å². The zero-order valence-corrected chi connectivity index (χ0v) is 9.58. The molecule has 1 unspecified atom stereocenters. The average Bonchev–Trinajstić information content (AvgIpc) is 2.30. The van der Waals surface area contributed by atoms with Gasteiger partial charge in [0.25, 0.3) is 0 Å². The maximum absolute atomic E-state index is 3.79. The lowest BCUT2D eigenvalue weighted by atomic mass is 9.94. The largest absolute Gasteiger partial charge is 0.316 e. The number of hydrogen-bond donors (Lipinski definition) is 1. The summed E-state index contributed by atoms with van der Waals surface area (Å²) >= 11 is 0. The minimum atomic E-state index is 0.615. The Labute approximate surface area is 93.2 Å². The minimum absolute atomic E-state index is 0.615. The molecule has 1 N–H and O–H groups in total. The van der Waals surface area contributed by atoms with Crippen molar-refractivity contribution in [1.29, 1.82) is 0 Å². The summed E-state index contributed by atoms with van der Waals surface area (Å²) in [6, 6.07) is 10.7. The van der Waals surface area contributed by atoms with Crippen molar-refractivity contribution in [3.63, 3.8) is 0 Å². The number of rotatable bonds is 7. The first-order chi connectivity index (χ1) is 7.38. The molecule has 0 spiro atoms. The van der Waals surface area contributed by atoms with E-state index in [4.69, 9.17) is 0 Å². The topological polar surface area (TPSA) is 12.0 Å². The maximum atomic E-state index is 3.79. The number of benzene rings is 1. The molecule has 0 fully saturated rings. The maximum Gasteiger partial charge on any atom is 0.00201 e. The molecule has 0 aliphatic carbocycles. The zero-order chi connectivity index (χ0) is 10.9. The molecule has 0 saturated heterocycles. The third-order valence-electron chi connectivity index (χ3n) is 2.63. The van der Waals surface area contributed by atoms with Gasteiger partial charge in [-0.1, -0.05) is 43.3 Å². The minimum Gasteiger partial charge on any atom is -0.316 e. The van der Waals surface area contributed by atoms with E-state index in [1.165, 1.54) is 12.0 Å². The van der Waals surface area contributed by atoms with Gasteiger partial charge in [0.1, 0.15) is 0 Å². The quantitative estimate of drug-likeness (QED) is 0.670. The molecule has 0 saturated carbocycles. The van der Waals surface area contributed by atoms with Crippen LogP contribution in [-0.4, -0.2) is 13.1 Å². The van der Waals surface area contributed by atoms with Crippen molar-refractivity contribution in [3.05, 3.63) is 48.6 Å². The molecule has 0 amide bonds. The van der Waals surface area contributed by atoms with Gasteiger partial charge < -0.3 is 5.32 Å². The van der Waals surface area contributed by atoms with E-state index < -0.39 is 0 Å². The number of nitrogens with one attached hydrogen (secondary N) is 1. The van der Waals surface area contributed by atoms with Crippen LogP contribution in [0.5, 0.6) is 0 Å². The molecule has 0 aliphatic rings. The van der Waals surface area contributed by atoms with E-state index in [9.17, 15) is 0 Å². The average molecular weight is 203 g/mol. The Hall–Kier alpha value is -1.08. The standard InChI is InChI=1S/C14H21N/c1-3-5-9-14(12-15-4-2)13-10-7-6-8-11-13/h3,6-8,10-11,14-15H,1,4-5,9,12H2,2H3. The Bertz CT molecular complexity index is 266. The first-order valence-electron chi connectivity index (χ1n) is 5.75. The van der Waals surface area contributed by atoms with Gasteiger partial charge in [0, 0.05) is 6.54 Å². The van der Waals surface area contributed by atoms with Crippen LogP contribution < -0.4 is 5.32 Å². The highest BCUT2D eigenvalue weighted by Gasteiger charge is 2.08. The van der Waals surface area contributed by atoms with Crippen LogP contribution in [-0.2, 0) is 0 Å². The first kappa shape index (κ1) is 12.0. The van der Waals surface area contributed by atoms with Crippen LogP contribution in [0.15, 0.2) is 43.0 Å². The molecule has 0 heterocycles. The van der Waals surface area contributed by atoms with Gasteiger partial charge >= 0.3 is 0 Å². The third kappa shape index (κ3) is 4.30. The van der Waals surface area contributed by atoms with E-state index in [1.54, 1.807) is 0 Å². The lowest BCUT2D eigenvalue weighted by Gasteiger charge is -2.16. The summed E-state index contributed by atoms with van der Waals surface area (Å²) in [5.41, 5.74) is 1.43. The van der Waals surface area contributed by atoms with E-state index >= 15 is 0 Å². The van der Waals surface area contributed by atoms with Gasteiger partial charge in [-0.2, -0.15) is 0 Å². The highest BCUT2D eigenvalue weighted by molar-refractivity contribution is 5.19. The van der Waals surface area contributed by atoms with Gasteiger partial charge in [-0.3, -0.25) is 0 Å². The van der Waals surface area contributed by atoms with Crippen molar-refractivity contribution >= 4 is 0 Å². The van der Waals surface area contributed by atoms with Gasteiger partial charge in [0.05, 0.1) is 0 Å². The highest BCUT2D eigenvalue weighted by Crippen LogP contribution is 2.20. The number of likely N-dealkylation sites (N-methyl/N-ethyl adjacent to an activating group) is 1. The number of allylic oxidation sites excluding steroid dienone is 1. The molecule has 1 aromatic carbocycles. The monoisotopic (exact) mass is 203 g/mol. The second-order valence-corrected chi connectivity index (χ2v) is 3.78. The molecule has 0 aromatic heterocycles. The smallest absolute Gasteiger partial charge is 0.00201 e. The van der Waals surface area contributed by atoms with Crippen LogP contribution in [0.4, 0.5) is 0 Å². The van der Waals surface area contributed by atoms with Crippen molar-refractivity contribution in [2.45, 2.75) is 25.7 Å². The van der Waals surface area contributed by atoms with Crippen molar-refractivity contribution in [1.82, 2.24) is 5.32 Å². The second kappa shape index (κ2) is 7.24. The van der Waals surface area contributed by atoms with Crippen LogP contribution in [0.3, 0.4) is 0 Å². The summed E-state index contributed by atoms with van der Waals surface area (Å²) < 4.78 is 0. The van der Waals surface area contributed by atoms with Crippen LogP contribution in [0.2, 0.25) is 0 Å². The van der Waals surface area contributed by atoms with E-state index in [0.29, 0.717) is 5.92 Å². The Balaban J connectivity index is 2.58. The number of hydrogen-bond acceptors (Lipinski definition) is 1. The summed E-state index contributed by atoms with van der Waals surface area (Å²) in [5, 5.41) is 3.42. The van der Waals surface area contributed by atoms with Crippen molar-refractivity contribution in [2.24, 2.45) is 0 Å². The molecule has 0 radical (unpaired) electrons. The van der Waals surface area contributed by atoms with Gasteiger partial charge in [-0.25, -0.2) is 0 Å². The molecular weight excluding hydrogens is 182 g/mol. The van der Waals surface area contributed by atoms with Crippen molar-refractivity contribution in [3.8, 4) is 0 Å². The zero-order valence-electron chi connectivity index (χ0n) is 9.58. The van der Waals surface area contributed by atoms with E-state index in [0.717, 1.165) is 19.5 Å². The SMILES string of the molecule is C=CCCC(CNCC)c1ccccc1. The van der Waals surface area contributed by atoms with Gasteiger partial charge in [0.2, 0.25) is 0 Å². The van der Waals surface area contributed by atoms with Crippen LogP contribution in [0.25, 0.3) is 0 Å². The summed E-state index contributed by atoms with van der Waals surface area (Å²) in [7, 11) is 0. The van der Waals surface area contributed by atoms with E-state index in [2.05, 4.69) is 49.2 Å². The second-order valence-electron chi connectivity index (χ2n) is 3.78. The molecule has 0 aliphatic heterocycles. The summed E-state index contributed by atoms with van der Waals surface area (Å²) in [6.45, 7) is 8.04. The van der Waals surface area contributed by atoms with Gasteiger partial charge in [-0.05, 0) is 30.9 Å². The lowest BCUT2D eigenvalue weighted by molar-refractivity contribution is 0.566. The Kier molecular flexibility index (Phi) is 5.79. The van der Waals surface area contributed by atoms with Crippen LogP contribution in [0.1, 0.15) is 31.2 Å². The summed E-state index contributed by atoms with van der Waals surface area (Å²) in [5.74, 6) is 0.615. The highest BCUT2D eigenvalue weighted by atomic mass is 14.8. The summed E-state index contributed by atoms with van der Waals surface area (Å²) in [4.78, 5) is 0. The molecule has 1 nitrogen and oxygen atoms in total. The molecule has 1 rings (SSSR count). The van der Waals surface area contributed by atoms with Crippen molar-refractivity contribution < 1.29 is 0 Å². The fraction of sp³-hybridized carbons (Fsp3) is 0.429. The summed E-state index contributed by atoms with van der Waals surface area (Å²) in [6.07, 6.45) is 4.27. The van der Waals surface area contributed by atoms with Crippen LogP contribution >= 0.6 is 0 Å². The Morgan fingerprint density at radius 2 is 2.07 bits per heavy atom. The Morgan fingerprint density at radius 1 is 1.33 bits per heavy atom. The molecule has 15 heavy (non-hydrogen) atoms. The normalized spacial score (nSPS) is 12.3. The predicted octanol–water partition coefficient (Wildman–Crippen LogP) is 3.35. The fourth-order valence-corrected chi connectivity index (χ4v) is 1.75. The third-order valence-corrected chi connectivity index (χ3v) is 2.63. The van der Waals surface area contributed by atoms with Crippen molar-refractivity contribution in [2.75, 3.05) is 13.1 Å². The van der Waals surface area contributed by atoms with Gasteiger partial charge in [-0.15, -0.1) is 6.58 Å². The molecular formula is C14H21N. The van der Waals surface area contributed by atoms with Crippen LogP contribution in [0, 0.1) is 0 Å². The lowest BCUT2D eigenvalue weighted by Crippen LogP contribution is -2.21. The molecule has 0 bridgehead atoms. The Morgan fingerprint density at radius 3 is 2.67 bits per heavy atom.